The molecule has 0 unspecified atom stereocenters. The van der Waals surface area contributed by atoms with Crippen molar-refractivity contribution in [2.45, 2.75) is 108 Å². The van der Waals surface area contributed by atoms with Gasteiger partial charge in [-0.1, -0.05) is 115 Å². The first kappa shape index (κ1) is 42.3. The molecule has 0 saturated heterocycles. The minimum Gasteiger partial charge on any atom is -0.359 e. The molecule has 0 aliphatic carbocycles. The highest BCUT2D eigenvalue weighted by atomic mass is 14.8. The van der Waals surface area contributed by atoms with Gasteiger partial charge in [-0.2, -0.15) is 0 Å². The van der Waals surface area contributed by atoms with E-state index in [0.29, 0.717) is 0 Å². The first-order chi connectivity index (χ1) is 30.0. The van der Waals surface area contributed by atoms with Gasteiger partial charge < -0.3 is 29.9 Å². The van der Waals surface area contributed by atoms with Crippen molar-refractivity contribution in [3.8, 4) is 11.4 Å². The van der Waals surface area contributed by atoms with Gasteiger partial charge in [0.25, 0.3) is 0 Å². The lowest BCUT2D eigenvalue weighted by molar-refractivity contribution is 1.08. The lowest BCUT2D eigenvalue weighted by Crippen LogP contribution is -2.17. The second kappa shape index (κ2) is 17.2. The number of hydrogen-bond acceptors (Lipinski definition) is 0. The third-order valence-corrected chi connectivity index (χ3v) is 13.7. The Hall–Kier alpha value is -6.40. The number of H-pyrrole nitrogens is 6. The van der Waals surface area contributed by atoms with Crippen LogP contribution in [0.25, 0.3) is 35.7 Å². The summed E-state index contributed by atoms with van der Waals surface area (Å²) in [6, 6.07) is 21.7. The molecule has 0 aliphatic rings. The van der Waals surface area contributed by atoms with Gasteiger partial charge in [-0.05, 0) is 143 Å². The normalized spacial score (nSPS) is 13.9. The van der Waals surface area contributed by atoms with Crippen LogP contribution in [-0.4, -0.2) is 29.9 Å². The van der Waals surface area contributed by atoms with E-state index >= 15 is 0 Å². The average molecular weight is 821 g/mol. The largest absolute Gasteiger partial charge is 0.359 e. The summed E-state index contributed by atoms with van der Waals surface area (Å²) < 4.78 is 0. The molecular weight excluding hydrogens is 757 g/mol. The molecular formula is C56H64N6. The van der Waals surface area contributed by atoms with Crippen molar-refractivity contribution in [2.75, 3.05) is 0 Å². The third-order valence-electron chi connectivity index (χ3n) is 13.7. The summed E-state index contributed by atoms with van der Waals surface area (Å²) in [5.74, 6) is 0. The zero-order valence-electron chi connectivity index (χ0n) is 38.6. The molecule has 6 nitrogen and oxygen atoms in total. The maximum absolute atomic E-state index is 4.85. The molecule has 6 N–H and O–H groups in total. The first-order valence-electron chi connectivity index (χ1n) is 22.8. The Morgan fingerprint density at radius 2 is 0.903 bits per heavy atom. The molecule has 6 aromatic heterocycles. The van der Waals surface area contributed by atoms with E-state index in [0.717, 1.165) is 104 Å². The summed E-state index contributed by atoms with van der Waals surface area (Å²) in [5, 5.41) is 8.63. The fourth-order valence-corrected chi connectivity index (χ4v) is 10.2. The predicted molar refractivity (Wildman–Crippen MR) is 260 cm³/mol. The Balaban J connectivity index is 1.52. The van der Waals surface area contributed by atoms with E-state index in [1.165, 1.54) is 78.2 Å². The minimum atomic E-state index is 0.825. The van der Waals surface area contributed by atoms with Crippen LogP contribution in [0.15, 0.2) is 73.1 Å². The Bertz CT molecular complexity index is 3380. The number of nitrogens with one attached hydrogen (secondary N) is 6. The molecule has 0 amide bonds. The maximum atomic E-state index is 4.85. The topological polar surface area (TPSA) is 94.7 Å². The van der Waals surface area contributed by atoms with Crippen LogP contribution in [-0.2, 0) is 38.5 Å². The Kier molecular flexibility index (Phi) is 11.7. The zero-order chi connectivity index (χ0) is 44.0. The van der Waals surface area contributed by atoms with Crippen molar-refractivity contribution >= 4 is 24.3 Å². The molecule has 2 aromatic carbocycles. The fraction of sp³-hybridized carbons (Fsp3) is 0.286. The SMILES string of the molecule is C=c1c(CC)c[nH]/c1=c1\[nH]/c(=C(/c2ccccc2)c2[nH]/c(=c3/[nH]/c(=C(/c4ccccc4)c4[nH]c(-c5[nH]cc(CC)c5C)c(C)c4CC)c(CC)c3C)c(=C)c2CC)c(CC)c1C. The van der Waals surface area contributed by atoms with Crippen molar-refractivity contribution in [2.24, 2.45) is 0 Å². The molecule has 6 heteroatoms. The van der Waals surface area contributed by atoms with Crippen LogP contribution >= 0.6 is 0 Å². The molecule has 8 aromatic rings. The molecule has 6 heterocycles. The van der Waals surface area contributed by atoms with E-state index < -0.39 is 0 Å². The van der Waals surface area contributed by atoms with Gasteiger partial charge in [0.2, 0.25) is 0 Å². The molecule has 0 fully saturated rings. The predicted octanol–water partition coefficient (Wildman–Crippen LogP) is 9.82. The van der Waals surface area contributed by atoms with Crippen LogP contribution in [0.2, 0.25) is 0 Å². The van der Waals surface area contributed by atoms with Crippen molar-refractivity contribution in [1.29, 1.82) is 0 Å². The summed E-state index contributed by atoms with van der Waals surface area (Å²) in [7, 11) is 0. The highest BCUT2D eigenvalue weighted by Gasteiger charge is 2.24. The lowest BCUT2D eigenvalue weighted by Gasteiger charge is -2.10. The second-order valence-electron chi connectivity index (χ2n) is 16.9. The third kappa shape index (κ3) is 6.81. The van der Waals surface area contributed by atoms with E-state index in [1.807, 2.05) is 0 Å². The molecule has 62 heavy (non-hydrogen) atoms. The molecule has 0 saturated carbocycles. The monoisotopic (exact) mass is 821 g/mol. The van der Waals surface area contributed by atoms with Crippen LogP contribution in [0, 0.1) is 49.1 Å². The smallest absolute Gasteiger partial charge is 0.0697 e. The number of aromatic amines is 6. The molecule has 0 aliphatic heterocycles. The number of aromatic nitrogens is 6. The first-order valence-corrected chi connectivity index (χ1v) is 22.8. The number of benzene rings is 2. The molecule has 8 rings (SSSR count). The molecule has 0 spiro atoms. The van der Waals surface area contributed by atoms with Crippen molar-refractivity contribution in [3.05, 3.63) is 194 Å². The Morgan fingerprint density at radius 1 is 0.419 bits per heavy atom. The van der Waals surface area contributed by atoms with Crippen molar-refractivity contribution < 1.29 is 0 Å². The van der Waals surface area contributed by atoms with Crippen LogP contribution in [0.4, 0.5) is 0 Å². The van der Waals surface area contributed by atoms with E-state index in [4.69, 9.17) is 6.58 Å². The summed E-state index contributed by atoms with van der Waals surface area (Å²) in [4.78, 5) is 23.3. The van der Waals surface area contributed by atoms with E-state index in [-0.39, 0.29) is 0 Å². The van der Waals surface area contributed by atoms with Gasteiger partial charge in [-0.15, -0.1) is 0 Å². The average Bonchev–Trinajstić information content (AvgIpc) is 4.13. The van der Waals surface area contributed by atoms with Gasteiger partial charge in [0.05, 0.1) is 54.9 Å². The van der Waals surface area contributed by atoms with Crippen molar-refractivity contribution in [3.63, 3.8) is 0 Å². The van der Waals surface area contributed by atoms with Gasteiger partial charge in [-0.3, -0.25) is 0 Å². The van der Waals surface area contributed by atoms with E-state index in [2.05, 4.69) is 179 Å². The summed E-state index contributed by atoms with van der Waals surface area (Å²) >= 11 is 0. The van der Waals surface area contributed by atoms with Crippen molar-refractivity contribution in [1.82, 2.24) is 29.9 Å². The quantitative estimate of drug-likeness (QED) is 0.0750. The number of rotatable bonds is 11. The summed E-state index contributed by atoms with van der Waals surface area (Å²) in [5.41, 5.74) is 22.1. The summed E-state index contributed by atoms with van der Waals surface area (Å²) in [6.45, 7) is 31.8. The van der Waals surface area contributed by atoms with Gasteiger partial charge in [0.15, 0.2) is 0 Å². The summed E-state index contributed by atoms with van der Waals surface area (Å²) in [6.07, 6.45) is 9.69. The van der Waals surface area contributed by atoms with Gasteiger partial charge in [-0.25, -0.2) is 0 Å². The second-order valence-corrected chi connectivity index (χ2v) is 16.9. The van der Waals surface area contributed by atoms with Crippen LogP contribution in [0.3, 0.4) is 0 Å². The standard InChI is InChI=1S/C56H64N6/c1-13-37-29-57-47(31(37)7)49-33(9)41(15-3)53(59-49)45(39-25-21-19-22-26-39)55-43(17-5)35(11)51(61-55)52-36(12)44(18-6)56(62-52)46(40-27-23-20-24-28-40)54-42(16-4)34(10)50(60-54)48-32(8)38(14-2)30-58-48/h19-30,57-62H,7,11,13-18H2,1-6,8-10,12H3/b49-47-,52-51+,53-45-,56-46-. The maximum Gasteiger partial charge on any atom is 0.0697 e. The van der Waals surface area contributed by atoms with Crippen LogP contribution in [0.5, 0.6) is 0 Å². The van der Waals surface area contributed by atoms with Gasteiger partial charge in [0, 0.05) is 23.5 Å². The zero-order valence-corrected chi connectivity index (χ0v) is 38.6. The van der Waals surface area contributed by atoms with E-state index in [9.17, 15) is 0 Å². The lowest BCUT2D eigenvalue weighted by atomic mass is 9.95. The van der Waals surface area contributed by atoms with Gasteiger partial charge in [0.1, 0.15) is 0 Å². The Labute approximate surface area is 365 Å². The fourth-order valence-electron chi connectivity index (χ4n) is 10.2. The molecule has 318 valence electrons. The Morgan fingerprint density at radius 3 is 1.37 bits per heavy atom. The molecule has 0 bridgehead atoms. The van der Waals surface area contributed by atoms with Crippen LogP contribution in [0.1, 0.15) is 120 Å². The molecule has 0 atom stereocenters. The number of hydrogen-bond donors (Lipinski definition) is 6. The minimum absolute atomic E-state index is 0.825. The van der Waals surface area contributed by atoms with Gasteiger partial charge >= 0.3 is 0 Å². The highest BCUT2D eigenvalue weighted by Crippen LogP contribution is 2.35. The molecule has 0 radical (unpaired) electrons. The van der Waals surface area contributed by atoms with E-state index in [1.54, 1.807) is 0 Å². The number of aryl methyl sites for hydroxylation is 2. The highest BCUT2D eigenvalue weighted by molar-refractivity contribution is 5.84. The van der Waals surface area contributed by atoms with Crippen LogP contribution < -0.4 is 21.1 Å².